The second-order valence-electron chi connectivity index (χ2n) is 8.66. The highest BCUT2D eigenvalue weighted by Gasteiger charge is 2.35. The molecule has 3 N–H and O–H groups in total. The minimum absolute atomic E-state index is 0.000550. The van der Waals surface area contributed by atoms with Crippen LogP contribution >= 0.6 is 0 Å². The van der Waals surface area contributed by atoms with Crippen LogP contribution < -0.4 is 10.1 Å². The number of aliphatic hydroxyl groups is 2. The Balaban J connectivity index is 1.52. The molecule has 0 saturated carbocycles. The Labute approximate surface area is 186 Å². The number of rotatable bonds is 12. The number of hydrogen-bond donors (Lipinski definition) is 3. The maximum Gasteiger partial charge on any atom is 0.119 e. The molecule has 0 spiro atoms. The van der Waals surface area contributed by atoms with Gasteiger partial charge in [0.05, 0.1) is 19.2 Å². The van der Waals surface area contributed by atoms with E-state index in [1.165, 1.54) is 31.2 Å². The van der Waals surface area contributed by atoms with E-state index in [4.69, 9.17) is 4.74 Å². The van der Waals surface area contributed by atoms with Crippen LogP contribution in [0.25, 0.3) is 10.9 Å². The van der Waals surface area contributed by atoms with Crippen molar-refractivity contribution in [3.05, 3.63) is 36.0 Å². The van der Waals surface area contributed by atoms with E-state index in [-0.39, 0.29) is 18.6 Å². The van der Waals surface area contributed by atoms with Crippen molar-refractivity contribution < 1.29 is 14.9 Å². The van der Waals surface area contributed by atoms with Crippen LogP contribution in [0, 0.1) is 5.92 Å². The highest BCUT2D eigenvalue weighted by Crippen LogP contribution is 2.25. The van der Waals surface area contributed by atoms with Gasteiger partial charge in [-0.1, -0.05) is 32.6 Å². The van der Waals surface area contributed by atoms with Crippen LogP contribution in [0.2, 0.25) is 0 Å². The first-order valence-electron chi connectivity index (χ1n) is 11.9. The highest BCUT2D eigenvalue weighted by molar-refractivity contribution is 5.83. The molecule has 0 bridgehead atoms. The number of benzene rings is 1. The maximum atomic E-state index is 10.8. The van der Waals surface area contributed by atoms with Crippen molar-refractivity contribution in [1.82, 2.24) is 15.2 Å². The lowest BCUT2D eigenvalue weighted by molar-refractivity contribution is -0.0936. The largest absolute Gasteiger partial charge is 0.497 e. The molecule has 6 nitrogen and oxygen atoms in total. The van der Waals surface area contributed by atoms with Gasteiger partial charge in [-0.25, -0.2) is 0 Å². The van der Waals surface area contributed by atoms with E-state index in [9.17, 15) is 10.2 Å². The topological polar surface area (TPSA) is 77.9 Å². The molecule has 2 aromatic rings. The van der Waals surface area contributed by atoms with Crippen molar-refractivity contribution in [3.8, 4) is 5.75 Å². The summed E-state index contributed by atoms with van der Waals surface area (Å²) in [6.07, 6.45) is 9.21. The van der Waals surface area contributed by atoms with Crippen LogP contribution in [0.3, 0.4) is 0 Å². The van der Waals surface area contributed by atoms with Crippen molar-refractivity contribution in [2.75, 3.05) is 33.4 Å². The zero-order valence-corrected chi connectivity index (χ0v) is 19.1. The fourth-order valence-electron chi connectivity index (χ4n) is 4.69. The van der Waals surface area contributed by atoms with Crippen LogP contribution in [-0.4, -0.2) is 65.7 Å². The van der Waals surface area contributed by atoms with Crippen LogP contribution in [0.5, 0.6) is 5.75 Å². The summed E-state index contributed by atoms with van der Waals surface area (Å²) >= 11 is 0. The molecule has 1 aliphatic rings. The van der Waals surface area contributed by atoms with Gasteiger partial charge in [-0.05, 0) is 55.6 Å². The molecule has 1 aromatic heterocycles. The van der Waals surface area contributed by atoms with E-state index in [1.807, 2.05) is 24.4 Å². The van der Waals surface area contributed by atoms with Gasteiger partial charge in [0.15, 0.2) is 0 Å². The summed E-state index contributed by atoms with van der Waals surface area (Å²) in [5.74, 6) is 0.680. The van der Waals surface area contributed by atoms with Gasteiger partial charge in [-0.3, -0.25) is 9.88 Å². The summed E-state index contributed by atoms with van der Waals surface area (Å²) in [7, 11) is 1.68. The van der Waals surface area contributed by atoms with Crippen LogP contribution in [-0.2, 0) is 6.42 Å². The third kappa shape index (κ3) is 6.39. The summed E-state index contributed by atoms with van der Waals surface area (Å²) in [6, 6.07) is 8.14. The number of nitrogens with zero attached hydrogens (tertiary/aromatic N) is 2. The summed E-state index contributed by atoms with van der Waals surface area (Å²) in [4.78, 5) is 6.60. The number of methoxy groups -OCH3 is 1. The Morgan fingerprint density at radius 2 is 2.03 bits per heavy atom. The van der Waals surface area contributed by atoms with Gasteiger partial charge < -0.3 is 20.3 Å². The SMILES string of the molecule is CCCCCCCN1CC[C@H](NCCc2ccnc3ccc(OC)cc23)[C@@H](CO)[C@H]1O. The third-order valence-electron chi connectivity index (χ3n) is 6.60. The molecule has 6 heteroatoms. The molecule has 0 radical (unpaired) electrons. The molecule has 0 aliphatic carbocycles. The number of aliphatic hydroxyl groups excluding tert-OH is 2. The zero-order valence-electron chi connectivity index (χ0n) is 19.1. The number of unbranched alkanes of at least 4 members (excludes halogenated alkanes) is 4. The number of hydrogen-bond acceptors (Lipinski definition) is 6. The maximum absolute atomic E-state index is 10.8. The van der Waals surface area contributed by atoms with Crippen LogP contribution in [0.15, 0.2) is 30.5 Å². The number of piperidine rings is 1. The minimum Gasteiger partial charge on any atom is -0.497 e. The molecule has 2 heterocycles. The molecule has 3 atom stereocenters. The smallest absolute Gasteiger partial charge is 0.119 e. The van der Waals surface area contributed by atoms with Crippen molar-refractivity contribution in [2.45, 2.75) is 64.1 Å². The quantitative estimate of drug-likeness (QED) is 0.449. The molecule has 0 amide bonds. The Bertz CT molecular complexity index is 801. The molecular formula is C25H39N3O3. The first-order valence-corrected chi connectivity index (χ1v) is 11.9. The molecule has 3 rings (SSSR count). The van der Waals surface area contributed by atoms with E-state index in [0.29, 0.717) is 0 Å². The standard InChI is InChI=1S/C25H39N3O3/c1-3-4-5-6-7-15-28-16-12-24(22(18-29)25(28)30)27-14-11-19-10-13-26-23-9-8-20(31-2)17-21(19)23/h8-10,13,17,22,24-25,27,29-30H,3-7,11-12,14-16,18H2,1-2H3/t22-,24+,25-/m1/s1. The minimum atomic E-state index is -0.576. The molecule has 0 unspecified atom stereocenters. The van der Waals surface area contributed by atoms with Crippen molar-refractivity contribution in [1.29, 1.82) is 0 Å². The average molecular weight is 430 g/mol. The van der Waals surface area contributed by atoms with Gasteiger partial charge in [0, 0.05) is 36.6 Å². The number of likely N-dealkylation sites (tertiary alicyclic amines) is 1. The summed E-state index contributed by atoms with van der Waals surface area (Å²) in [5.41, 5.74) is 2.19. The number of pyridine rings is 1. The van der Waals surface area contributed by atoms with Gasteiger partial charge in [0.25, 0.3) is 0 Å². The lowest BCUT2D eigenvalue weighted by Crippen LogP contribution is -2.57. The Hall–Kier alpha value is -1.73. The first kappa shape index (κ1) is 23.9. The van der Waals surface area contributed by atoms with Crippen LogP contribution in [0.4, 0.5) is 0 Å². The zero-order chi connectivity index (χ0) is 22.1. The van der Waals surface area contributed by atoms with Gasteiger partial charge >= 0.3 is 0 Å². The van der Waals surface area contributed by atoms with Gasteiger partial charge in [-0.15, -0.1) is 0 Å². The molecule has 1 saturated heterocycles. The average Bonchev–Trinajstić information content (AvgIpc) is 2.80. The number of aromatic nitrogens is 1. The third-order valence-corrected chi connectivity index (χ3v) is 6.60. The second kappa shape index (κ2) is 12.3. The predicted octanol–water partition coefficient (Wildman–Crippen LogP) is 3.35. The summed E-state index contributed by atoms with van der Waals surface area (Å²) in [6.45, 7) is 4.81. The molecule has 31 heavy (non-hydrogen) atoms. The molecule has 1 aromatic carbocycles. The van der Waals surface area contributed by atoms with E-state index in [1.54, 1.807) is 7.11 Å². The van der Waals surface area contributed by atoms with E-state index in [2.05, 4.69) is 28.2 Å². The number of fused-ring (bicyclic) bond motifs is 1. The van der Waals surface area contributed by atoms with Crippen molar-refractivity contribution in [2.24, 2.45) is 5.92 Å². The van der Waals surface area contributed by atoms with Gasteiger partial charge in [0.2, 0.25) is 0 Å². The molecule has 1 aliphatic heterocycles. The predicted molar refractivity (Wildman–Crippen MR) is 125 cm³/mol. The fraction of sp³-hybridized carbons (Fsp3) is 0.640. The van der Waals surface area contributed by atoms with Gasteiger partial charge in [-0.2, -0.15) is 0 Å². The molecular weight excluding hydrogens is 390 g/mol. The van der Waals surface area contributed by atoms with E-state index >= 15 is 0 Å². The lowest BCUT2D eigenvalue weighted by Gasteiger charge is -2.42. The molecule has 1 fully saturated rings. The van der Waals surface area contributed by atoms with Crippen molar-refractivity contribution in [3.63, 3.8) is 0 Å². The Kier molecular flexibility index (Phi) is 9.53. The van der Waals surface area contributed by atoms with E-state index in [0.717, 1.165) is 55.5 Å². The number of ether oxygens (including phenoxy) is 1. The Morgan fingerprint density at radius 1 is 1.19 bits per heavy atom. The summed E-state index contributed by atoms with van der Waals surface area (Å²) < 4.78 is 5.37. The first-order chi connectivity index (χ1) is 15.2. The summed E-state index contributed by atoms with van der Waals surface area (Å²) in [5, 5.41) is 25.5. The van der Waals surface area contributed by atoms with E-state index < -0.39 is 6.23 Å². The second-order valence-corrected chi connectivity index (χ2v) is 8.66. The van der Waals surface area contributed by atoms with Crippen LogP contribution in [0.1, 0.15) is 51.0 Å². The normalized spacial score (nSPS) is 22.1. The fourth-order valence-corrected chi connectivity index (χ4v) is 4.69. The highest BCUT2D eigenvalue weighted by atomic mass is 16.5. The monoisotopic (exact) mass is 429 g/mol. The molecule has 172 valence electrons. The Morgan fingerprint density at radius 3 is 2.81 bits per heavy atom. The number of nitrogens with one attached hydrogen (secondary N) is 1. The lowest BCUT2D eigenvalue weighted by atomic mass is 9.90. The van der Waals surface area contributed by atoms with Gasteiger partial charge in [0.1, 0.15) is 12.0 Å². The van der Waals surface area contributed by atoms with Crippen molar-refractivity contribution >= 4 is 10.9 Å².